The van der Waals surface area contributed by atoms with Gasteiger partial charge in [0.1, 0.15) is 0 Å². The van der Waals surface area contributed by atoms with Crippen LogP contribution in [0.5, 0.6) is 11.5 Å². The largest absolute Gasteiger partial charge is 0.454 e. The first-order chi connectivity index (χ1) is 9.37. The molecule has 0 spiro atoms. The van der Waals surface area contributed by atoms with E-state index in [0.717, 1.165) is 17.1 Å². The Morgan fingerprint density at radius 1 is 1.35 bits per heavy atom. The van der Waals surface area contributed by atoms with Gasteiger partial charge < -0.3 is 24.8 Å². The number of hydrogen-bond acceptors (Lipinski definition) is 5. The minimum atomic E-state index is -0.756. The Morgan fingerprint density at radius 3 is 2.75 bits per heavy atom. The topological polar surface area (TPSA) is 54.0 Å². The van der Waals surface area contributed by atoms with Crippen molar-refractivity contribution in [2.24, 2.45) is 0 Å². The van der Waals surface area contributed by atoms with E-state index in [1.165, 1.54) is 0 Å². The van der Waals surface area contributed by atoms with Crippen LogP contribution in [0, 0.1) is 0 Å². The van der Waals surface area contributed by atoms with Gasteiger partial charge in [0, 0.05) is 19.1 Å². The fraction of sp³-hybridized carbons (Fsp3) is 0.600. The average Bonchev–Trinajstić information content (AvgIpc) is 2.81. The van der Waals surface area contributed by atoms with E-state index in [2.05, 4.69) is 12.2 Å². The maximum Gasteiger partial charge on any atom is 0.231 e. The minimum absolute atomic E-state index is 0.137. The third-order valence-electron chi connectivity index (χ3n) is 3.34. The second-order valence-corrected chi connectivity index (χ2v) is 5.95. The predicted octanol–water partition coefficient (Wildman–Crippen LogP) is 1.38. The van der Waals surface area contributed by atoms with Crippen LogP contribution in [0.4, 0.5) is 0 Å². The smallest absolute Gasteiger partial charge is 0.231 e. The molecule has 1 aliphatic rings. The number of fused-ring (bicyclic) bond motifs is 1. The molecule has 1 aromatic carbocycles. The molecule has 0 fully saturated rings. The van der Waals surface area contributed by atoms with Crippen molar-refractivity contribution in [1.82, 2.24) is 10.2 Å². The van der Waals surface area contributed by atoms with E-state index in [1.54, 1.807) is 0 Å². The molecule has 1 aromatic rings. The fourth-order valence-corrected chi connectivity index (χ4v) is 2.41. The van der Waals surface area contributed by atoms with Gasteiger partial charge in [0.25, 0.3) is 0 Å². The molecule has 0 saturated carbocycles. The Morgan fingerprint density at radius 2 is 2.05 bits per heavy atom. The van der Waals surface area contributed by atoms with Gasteiger partial charge in [0.15, 0.2) is 11.5 Å². The van der Waals surface area contributed by atoms with Gasteiger partial charge in [-0.05, 0) is 45.6 Å². The molecule has 5 nitrogen and oxygen atoms in total. The molecule has 0 aromatic heterocycles. The molecule has 0 saturated heterocycles. The Kier molecular flexibility index (Phi) is 4.52. The fourth-order valence-electron chi connectivity index (χ4n) is 2.41. The summed E-state index contributed by atoms with van der Waals surface area (Å²) in [4.78, 5) is 1.98. The zero-order valence-electron chi connectivity index (χ0n) is 12.6. The maximum atomic E-state index is 10.3. The Hall–Kier alpha value is -1.30. The SMILES string of the molecule is CC(NCC(C)(O)CN(C)C)c1ccc2c(c1)OCO2. The highest BCUT2D eigenvalue weighted by atomic mass is 16.7. The first-order valence-corrected chi connectivity index (χ1v) is 6.87. The molecule has 1 aliphatic heterocycles. The van der Waals surface area contributed by atoms with Gasteiger partial charge in [-0.1, -0.05) is 6.07 Å². The lowest BCUT2D eigenvalue weighted by molar-refractivity contribution is 0.0317. The molecule has 20 heavy (non-hydrogen) atoms. The van der Waals surface area contributed by atoms with E-state index in [4.69, 9.17) is 9.47 Å². The van der Waals surface area contributed by atoms with Crippen molar-refractivity contribution in [2.75, 3.05) is 34.0 Å². The van der Waals surface area contributed by atoms with Crippen LogP contribution >= 0.6 is 0 Å². The molecule has 0 radical (unpaired) electrons. The highest BCUT2D eigenvalue weighted by Gasteiger charge is 2.22. The number of nitrogens with one attached hydrogen (secondary N) is 1. The van der Waals surface area contributed by atoms with E-state index >= 15 is 0 Å². The molecule has 5 heteroatoms. The summed E-state index contributed by atoms with van der Waals surface area (Å²) in [5.41, 5.74) is 0.364. The van der Waals surface area contributed by atoms with Crippen molar-refractivity contribution in [3.63, 3.8) is 0 Å². The van der Waals surface area contributed by atoms with Gasteiger partial charge in [0.05, 0.1) is 5.60 Å². The van der Waals surface area contributed by atoms with Crippen LogP contribution in [-0.2, 0) is 0 Å². The number of likely N-dealkylation sites (N-methyl/N-ethyl adjacent to an activating group) is 1. The van der Waals surface area contributed by atoms with Crippen molar-refractivity contribution in [3.05, 3.63) is 23.8 Å². The standard InChI is InChI=1S/C15H24N2O3/c1-11(16-8-15(2,18)9-17(3)4)12-5-6-13-14(7-12)20-10-19-13/h5-7,11,16,18H,8-10H2,1-4H3. The van der Waals surface area contributed by atoms with Gasteiger partial charge in [-0.3, -0.25) is 0 Å². The number of nitrogens with zero attached hydrogens (tertiary/aromatic N) is 1. The highest BCUT2D eigenvalue weighted by molar-refractivity contribution is 5.45. The number of benzene rings is 1. The summed E-state index contributed by atoms with van der Waals surface area (Å²) in [6.45, 7) is 5.35. The van der Waals surface area contributed by atoms with Crippen LogP contribution < -0.4 is 14.8 Å². The zero-order chi connectivity index (χ0) is 14.8. The normalized spacial score (nSPS) is 18.1. The zero-order valence-corrected chi connectivity index (χ0v) is 12.6. The lowest BCUT2D eigenvalue weighted by Gasteiger charge is -2.29. The summed E-state index contributed by atoms with van der Waals surface area (Å²) in [5, 5.41) is 13.6. The summed E-state index contributed by atoms with van der Waals surface area (Å²) >= 11 is 0. The number of aliphatic hydroxyl groups is 1. The molecule has 0 bridgehead atoms. The summed E-state index contributed by atoms with van der Waals surface area (Å²) in [5.74, 6) is 1.58. The van der Waals surface area contributed by atoms with Gasteiger partial charge in [-0.15, -0.1) is 0 Å². The van der Waals surface area contributed by atoms with Crippen LogP contribution in [0.3, 0.4) is 0 Å². The van der Waals surface area contributed by atoms with Gasteiger partial charge in [-0.25, -0.2) is 0 Å². The quantitative estimate of drug-likeness (QED) is 0.824. The van der Waals surface area contributed by atoms with Crippen molar-refractivity contribution < 1.29 is 14.6 Å². The summed E-state index contributed by atoms with van der Waals surface area (Å²) in [7, 11) is 3.91. The molecule has 2 rings (SSSR count). The predicted molar refractivity (Wildman–Crippen MR) is 78.2 cm³/mol. The second-order valence-electron chi connectivity index (χ2n) is 5.95. The van der Waals surface area contributed by atoms with Crippen molar-refractivity contribution in [2.45, 2.75) is 25.5 Å². The first kappa shape index (κ1) is 15.1. The number of rotatable bonds is 6. The first-order valence-electron chi connectivity index (χ1n) is 6.87. The van der Waals surface area contributed by atoms with Crippen molar-refractivity contribution >= 4 is 0 Å². The maximum absolute atomic E-state index is 10.3. The van der Waals surface area contributed by atoms with Crippen molar-refractivity contribution in [1.29, 1.82) is 0 Å². The average molecular weight is 280 g/mol. The van der Waals surface area contributed by atoms with Crippen LogP contribution in [0.1, 0.15) is 25.5 Å². The van der Waals surface area contributed by atoms with Crippen molar-refractivity contribution in [3.8, 4) is 11.5 Å². The third kappa shape index (κ3) is 3.85. The molecule has 1 heterocycles. The van der Waals surface area contributed by atoms with Crippen LogP contribution in [0.15, 0.2) is 18.2 Å². The molecule has 112 valence electrons. The minimum Gasteiger partial charge on any atom is -0.454 e. The molecular weight excluding hydrogens is 256 g/mol. The molecule has 2 N–H and O–H groups in total. The summed E-state index contributed by atoms with van der Waals surface area (Å²) in [6, 6.07) is 6.07. The number of hydrogen-bond donors (Lipinski definition) is 2. The van der Waals surface area contributed by atoms with Crippen LogP contribution in [0.25, 0.3) is 0 Å². The van der Waals surface area contributed by atoms with Gasteiger partial charge in [0.2, 0.25) is 6.79 Å². The molecule has 2 atom stereocenters. The van der Waals surface area contributed by atoms with E-state index < -0.39 is 5.60 Å². The Balaban J connectivity index is 1.93. The molecule has 2 unspecified atom stereocenters. The lowest BCUT2D eigenvalue weighted by Crippen LogP contribution is -2.46. The van der Waals surface area contributed by atoms with Crippen LogP contribution in [0.2, 0.25) is 0 Å². The van der Waals surface area contributed by atoms with Gasteiger partial charge in [-0.2, -0.15) is 0 Å². The Bertz CT molecular complexity index is 460. The molecular formula is C15H24N2O3. The van der Waals surface area contributed by atoms with E-state index in [9.17, 15) is 5.11 Å². The Labute approximate surface area is 120 Å². The molecule has 0 amide bonds. The van der Waals surface area contributed by atoms with Gasteiger partial charge >= 0.3 is 0 Å². The highest BCUT2D eigenvalue weighted by Crippen LogP contribution is 2.34. The number of ether oxygens (including phenoxy) is 2. The summed E-state index contributed by atoms with van der Waals surface area (Å²) in [6.07, 6.45) is 0. The molecule has 0 aliphatic carbocycles. The lowest BCUT2D eigenvalue weighted by atomic mass is 10.0. The van der Waals surface area contributed by atoms with E-state index in [0.29, 0.717) is 13.1 Å². The third-order valence-corrected chi connectivity index (χ3v) is 3.34. The van der Waals surface area contributed by atoms with E-state index in [1.807, 2.05) is 44.1 Å². The second kappa shape index (κ2) is 5.99. The monoisotopic (exact) mass is 280 g/mol. The van der Waals surface area contributed by atoms with E-state index in [-0.39, 0.29) is 12.8 Å². The summed E-state index contributed by atoms with van der Waals surface area (Å²) < 4.78 is 10.7. The van der Waals surface area contributed by atoms with Crippen LogP contribution in [-0.4, -0.2) is 49.6 Å².